The van der Waals surface area contributed by atoms with E-state index in [1.807, 2.05) is 41.4 Å². The Labute approximate surface area is 181 Å². The first-order chi connectivity index (χ1) is 15.1. The number of fused-ring (bicyclic) bond motifs is 1. The van der Waals surface area contributed by atoms with Gasteiger partial charge in [-0.15, -0.1) is 5.53 Å². The minimum Gasteiger partial charge on any atom is -0.451 e. The van der Waals surface area contributed by atoms with Crippen LogP contribution in [0.4, 0.5) is 0 Å². The normalized spacial score (nSPS) is 18.3. The third-order valence-electron chi connectivity index (χ3n) is 6.13. The highest BCUT2D eigenvalue weighted by Crippen LogP contribution is 2.30. The molecule has 1 aromatic heterocycles. The van der Waals surface area contributed by atoms with Crippen LogP contribution in [-0.4, -0.2) is 59.3 Å². The van der Waals surface area contributed by atoms with E-state index in [2.05, 4.69) is 23.1 Å². The van der Waals surface area contributed by atoms with Gasteiger partial charge in [0.2, 0.25) is 5.91 Å². The van der Waals surface area contributed by atoms with Gasteiger partial charge in [0.25, 0.3) is 5.91 Å². The second kappa shape index (κ2) is 8.11. The number of nitrogens with one attached hydrogen (secondary N) is 2. The SMILES string of the molecule is CN(C(=O)c1cc2cc(C3=CCCN(C(=O)CCN4C=CNN4)C3)ccc2o1)C1CC1. The van der Waals surface area contributed by atoms with Crippen molar-refractivity contribution in [2.45, 2.75) is 31.7 Å². The smallest absolute Gasteiger partial charge is 0.289 e. The molecule has 5 rings (SSSR count). The molecule has 8 nitrogen and oxygen atoms in total. The van der Waals surface area contributed by atoms with E-state index in [9.17, 15) is 9.59 Å². The van der Waals surface area contributed by atoms with Crippen molar-refractivity contribution in [2.24, 2.45) is 0 Å². The number of nitrogens with zero attached hydrogens (tertiary/aromatic N) is 3. The van der Waals surface area contributed by atoms with Crippen molar-refractivity contribution in [3.8, 4) is 0 Å². The molecule has 0 atom stereocenters. The summed E-state index contributed by atoms with van der Waals surface area (Å²) < 4.78 is 5.81. The minimum absolute atomic E-state index is 0.0635. The van der Waals surface area contributed by atoms with Gasteiger partial charge in [0.05, 0.1) is 0 Å². The van der Waals surface area contributed by atoms with E-state index in [-0.39, 0.29) is 11.8 Å². The van der Waals surface area contributed by atoms with Crippen LogP contribution in [0, 0.1) is 0 Å². The number of hydrogen-bond donors (Lipinski definition) is 2. The molecule has 8 heteroatoms. The lowest BCUT2D eigenvalue weighted by molar-refractivity contribution is -0.131. The van der Waals surface area contributed by atoms with Crippen molar-refractivity contribution in [1.82, 2.24) is 25.8 Å². The van der Waals surface area contributed by atoms with Crippen molar-refractivity contribution in [3.05, 3.63) is 54.1 Å². The zero-order chi connectivity index (χ0) is 21.4. The number of benzene rings is 1. The molecule has 0 saturated heterocycles. The van der Waals surface area contributed by atoms with E-state index in [1.165, 1.54) is 0 Å². The second-order valence-electron chi connectivity index (χ2n) is 8.36. The van der Waals surface area contributed by atoms with Gasteiger partial charge in [0.15, 0.2) is 5.76 Å². The van der Waals surface area contributed by atoms with Gasteiger partial charge in [-0.25, -0.2) is 0 Å². The topological polar surface area (TPSA) is 81.1 Å². The molecule has 2 N–H and O–H groups in total. The van der Waals surface area contributed by atoms with Crippen molar-refractivity contribution < 1.29 is 14.0 Å². The Morgan fingerprint density at radius 2 is 2.13 bits per heavy atom. The third-order valence-corrected chi connectivity index (χ3v) is 6.13. The summed E-state index contributed by atoms with van der Waals surface area (Å²) in [6.07, 6.45) is 9.29. The number of furan rings is 1. The van der Waals surface area contributed by atoms with Crippen molar-refractivity contribution >= 4 is 28.4 Å². The quantitative estimate of drug-likeness (QED) is 0.746. The zero-order valence-corrected chi connectivity index (χ0v) is 17.6. The zero-order valence-electron chi connectivity index (χ0n) is 17.6. The lowest BCUT2D eigenvalue weighted by atomic mass is 9.99. The van der Waals surface area contributed by atoms with Crippen LogP contribution >= 0.6 is 0 Å². The molecule has 1 aliphatic carbocycles. The van der Waals surface area contributed by atoms with Gasteiger partial charge in [0, 0.05) is 56.9 Å². The van der Waals surface area contributed by atoms with E-state index in [0.717, 1.165) is 42.3 Å². The molecule has 3 aliphatic rings. The van der Waals surface area contributed by atoms with Gasteiger partial charge in [-0.05, 0) is 48.6 Å². The predicted molar refractivity (Wildman–Crippen MR) is 117 cm³/mol. The Morgan fingerprint density at radius 1 is 1.26 bits per heavy atom. The fourth-order valence-corrected chi connectivity index (χ4v) is 4.11. The number of amides is 2. The largest absolute Gasteiger partial charge is 0.451 e. The highest BCUT2D eigenvalue weighted by Gasteiger charge is 2.31. The molecule has 0 bridgehead atoms. The Hall–Kier alpha value is -3.26. The van der Waals surface area contributed by atoms with Crippen molar-refractivity contribution in [2.75, 3.05) is 26.7 Å². The highest BCUT2D eigenvalue weighted by molar-refractivity contribution is 5.97. The summed E-state index contributed by atoms with van der Waals surface area (Å²) in [5.74, 6) is 0.467. The van der Waals surface area contributed by atoms with E-state index in [4.69, 9.17) is 4.42 Å². The fraction of sp³-hybridized carbons (Fsp3) is 0.391. The van der Waals surface area contributed by atoms with Gasteiger partial charge < -0.3 is 19.6 Å². The van der Waals surface area contributed by atoms with Crippen LogP contribution in [0.25, 0.3) is 16.5 Å². The number of rotatable bonds is 6. The van der Waals surface area contributed by atoms with Crippen LogP contribution in [0.1, 0.15) is 41.8 Å². The molecule has 0 spiro atoms. The summed E-state index contributed by atoms with van der Waals surface area (Å²) in [6.45, 7) is 1.95. The molecule has 2 aromatic rings. The summed E-state index contributed by atoms with van der Waals surface area (Å²) in [6, 6.07) is 8.16. The summed E-state index contributed by atoms with van der Waals surface area (Å²) in [5.41, 5.74) is 8.72. The predicted octanol–water partition coefficient (Wildman–Crippen LogP) is 2.47. The molecule has 0 radical (unpaired) electrons. The van der Waals surface area contributed by atoms with E-state index in [1.54, 1.807) is 11.1 Å². The van der Waals surface area contributed by atoms with Crippen LogP contribution in [-0.2, 0) is 4.79 Å². The number of carbonyl (C=O) groups excluding carboxylic acids is 2. The standard InChI is InChI=1S/C23H27N5O3/c1-26(19-5-6-19)23(30)21-14-18-13-16(4-7-20(18)31-21)17-3-2-10-27(15-17)22(29)8-11-28-12-9-24-25-28/h3-4,7,9,12-14,19,24-25H,2,5-6,8,10-11,15H2,1H3. The molecule has 3 heterocycles. The second-order valence-corrected chi connectivity index (χ2v) is 8.36. The number of hydrazine groups is 2. The monoisotopic (exact) mass is 421 g/mol. The lowest BCUT2D eigenvalue weighted by Crippen LogP contribution is -2.40. The summed E-state index contributed by atoms with van der Waals surface area (Å²) in [4.78, 5) is 29.0. The summed E-state index contributed by atoms with van der Waals surface area (Å²) >= 11 is 0. The number of hydrogen-bond acceptors (Lipinski definition) is 6. The molecular formula is C23H27N5O3. The van der Waals surface area contributed by atoms with Crippen LogP contribution in [0.2, 0.25) is 0 Å². The average molecular weight is 422 g/mol. The Bertz CT molecular complexity index is 1070. The van der Waals surface area contributed by atoms with E-state index >= 15 is 0 Å². The molecule has 1 saturated carbocycles. The molecule has 1 fully saturated rings. The first kappa shape index (κ1) is 19.7. The van der Waals surface area contributed by atoms with Gasteiger partial charge in [0.1, 0.15) is 5.58 Å². The third kappa shape index (κ3) is 4.16. The first-order valence-electron chi connectivity index (χ1n) is 10.8. The molecule has 2 aliphatic heterocycles. The van der Waals surface area contributed by atoms with E-state index < -0.39 is 0 Å². The van der Waals surface area contributed by atoms with Gasteiger partial charge in [-0.3, -0.25) is 14.6 Å². The van der Waals surface area contributed by atoms with Gasteiger partial charge in [-0.2, -0.15) is 0 Å². The molecule has 0 unspecified atom stereocenters. The minimum atomic E-state index is -0.0635. The highest BCUT2D eigenvalue weighted by atomic mass is 16.3. The lowest BCUT2D eigenvalue weighted by Gasteiger charge is -2.28. The molecule has 2 amide bonds. The Balaban J connectivity index is 1.27. The van der Waals surface area contributed by atoms with Crippen LogP contribution in [0.3, 0.4) is 0 Å². The Kier molecular flexibility index (Phi) is 5.15. The van der Waals surface area contributed by atoms with E-state index in [0.29, 0.717) is 36.9 Å². The van der Waals surface area contributed by atoms with Crippen LogP contribution in [0.5, 0.6) is 0 Å². The molecule has 1 aromatic carbocycles. The first-order valence-corrected chi connectivity index (χ1v) is 10.8. The maximum absolute atomic E-state index is 12.7. The maximum Gasteiger partial charge on any atom is 0.289 e. The molecule has 31 heavy (non-hydrogen) atoms. The van der Waals surface area contributed by atoms with Gasteiger partial charge >= 0.3 is 0 Å². The molecular weight excluding hydrogens is 394 g/mol. The van der Waals surface area contributed by atoms with Crippen molar-refractivity contribution in [1.29, 1.82) is 0 Å². The van der Waals surface area contributed by atoms with Crippen LogP contribution in [0.15, 0.2) is 47.2 Å². The molecule has 162 valence electrons. The maximum atomic E-state index is 12.7. The summed E-state index contributed by atoms with van der Waals surface area (Å²) in [7, 11) is 1.84. The summed E-state index contributed by atoms with van der Waals surface area (Å²) in [5, 5.41) is 2.76. The van der Waals surface area contributed by atoms with Gasteiger partial charge in [-0.1, -0.05) is 12.1 Å². The number of carbonyl (C=O) groups is 2. The van der Waals surface area contributed by atoms with Crippen LogP contribution < -0.4 is 11.0 Å². The average Bonchev–Trinajstić information content (AvgIpc) is 3.34. The van der Waals surface area contributed by atoms with Crippen molar-refractivity contribution in [3.63, 3.8) is 0 Å². The Morgan fingerprint density at radius 3 is 2.90 bits per heavy atom. The fourth-order valence-electron chi connectivity index (χ4n) is 4.11.